The lowest BCUT2D eigenvalue weighted by Crippen LogP contribution is -2.12. The Morgan fingerprint density at radius 2 is 2.00 bits per heavy atom. The molecule has 1 heterocycles. The van der Waals surface area contributed by atoms with E-state index in [1.54, 1.807) is 18.2 Å². The molecule has 0 saturated heterocycles. The quantitative estimate of drug-likeness (QED) is 0.871. The Hall–Kier alpha value is -1.37. The topological polar surface area (TPSA) is 66.9 Å². The Morgan fingerprint density at radius 3 is 2.65 bits per heavy atom. The molecule has 0 aliphatic carbocycles. The van der Waals surface area contributed by atoms with Crippen LogP contribution in [0.3, 0.4) is 0 Å². The molecule has 20 heavy (non-hydrogen) atoms. The van der Waals surface area contributed by atoms with Crippen LogP contribution in [0.15, 0.2) is 18.2 Å². The molecule has 0 saturated carbocycles. The molecule has 0 spiro atoms. The molecule has 1 aromatic heterocycles. The van der Waals surface area contributed by atoms with E-state index in [-0.39, 0.29) is 10.9 Å². The summed E-state index contributed by atoms with van der Waals surface area (Å²) in [4.78, 5) is 12.1. The van der Waals surface area contributed by atoms with Crippen molar-refractivity contribution in [2.45, 2.75) is 13.3 Å². The highest BCUT2D eigenvalue weighted by molar-refractivity contribution is 7.17. The molecular formula is C12H12Cl2N4OS. The van der Waals surface area contributed by atoms with Gasteiger partial charge < -0.3 is 10.6 Å². The second-order valence-electron chi connectivity index (χ2n) is 3.89. The van der Waals surface area contributed by atoms with Gasteiger partial charge in [-0.15, -0.1) is 10.2 Å². The van der Waals surface area contributed by atoms with Crippen molar-refractivity contribution < 1.29 is 4.79 Å². The van der Waals surface area contributed by atoms with Gasteiger partial charge >= 0.3 is 0 Å². The zero-order valence-corrected chi connectivity index (χ0v) is 12.9. The normalized spacial score (nSPS) is 10.3. The monoisotopic (exact) mass is 330 g/mol. The second-order valence-corrected chi connectivity index (χ2v) is 5.68. The number of benzene rings is 1. The molecule has 0 bridgehead atoms. The zero-order valence-electron chi connectivity index (χ0n) is 10.6. The molecule has 0 atom stereocenters. The van der Waals surface area contributed by atoms with E-state index < -0.39 is 0 Å². The first-order valence-electron chi connectivity index (χ1n) is 5.94. The highest BCUT2D eigenvalue weighted by Crippen LogP contribution is 2.30. The summed E-state index contributed by atoms with van der Waals surface area (Å²) in [5.41, 5.74) is 0.374. The van der Waals surface area contributed by atoms with Gasteiger partial charge in [-0.05, 0) is 18.6 Å². The SMILES string of the molecule is CCCNc1nnc(C(=O)Nc2c(Cl)cccc2Cl)s1. The summed E-state index contributed by atoms with van der Waals surface area (Å²) in [5, 5.41) is 15.0. The van der Waals surface area contributed by atoms with Crippen LogP contribution < -0.4 is 10.6 Å². The Kier molecular flexibility index (Phi) is 5.17. The predicted octanol–water partition coefficient (Wildman–Crippen LogP) is 3.92. The number of aromatic nitrogens is 2. The van der Waals surface area contributed by atoms with Gasteiger partial charge in [0.25, 0.3) is 5.91 Å². The number of hydrogen-bond acceptors (Lipinski definition) is 5. The fourth-order valence-corrected chi connectivity index (χ4v) is 2.56. The molecule has 2 aromatic rings. The molecule has 0 aliphatic rings. The highest BCUT2D eigenvalue weighted by Gasteiger charge is 2.15. The third kappa shape index (κ3) is 3.59. The van der Waals surface area contributed by atoms with Gasteiger partial charge in [0.05, 0.1) is 15.7 Å². The fourth-order valence-electron chi connectivity index (χ4n) is 1.40. The molecule has 1 aromatic carbocycles. The minimum atomic E-state index is -0.387. The number of nitrogens with one attached hydrogen (secondary N) is 2. The summed E-state index contributed by atoms with van der Waals surface area (Å²) in [6.07, 6.45) is 0.969. The van der Waals surface area contributed by atoms with E-state index in [0.29, 0.717) is 20.9 Å². The van der Waals surface area contributed by atoms with E-state index in [9.17, 15) is 4.79 Å². The Bertz CT molecular complexity index is 597. The average Bonchev–Trinajstić information content (AvgIpc) is 2.89. The molecule has 1 amide bonds. The molecule has 2 N–H and O–H groups in total. The van der Waals surface area contributed by atoms with Crippen LogP contribution in [0.25, 0.3) is 0 Å². The molecule has 5 nitrogen and oxygen atoms in total. The van der Waals surface area contributed by atoms with Crippen molar-refractivity contribution in [3.8, 4) is 0 Å². The molecule has 0 unspecified atom stereocenters. The van der Waals surface area contributed by atoms with Crippen LogP contribution in [0, 0.1) is 0 Å². The van der Waals surface area contributed by atoms with Gasteiger partial charge in [0, 0.05) is 6.54 Å². The van der Waals surface area contributed by atoms with Crippen molar-refractivity contribution in [3.63, 3.8) is 0 Å². The summed E-state index contributed by atoms with van der Waals surface area (Å²) < 4.78 is 0. The molecule has 0 fully saturated rings. The van der Waals surface area contributed by atoms with Gasteiger partial charge in [0.2, 0.25) is 10.1 Å². The number of amides is 1. The maximum Gasteiger partial charge on any atom is 0.286 e. The number of halogens is 2. The third-order valence-corrected chi connectivity index (χ3v) is 3.86. The first-order chi connectivity index (χ1) is 9.61. The van der Waals surface area contributed by atoms with E-state index >= 15 is 0 Å². The summed E-state index contributed by atoms with van der Waals surface area (Å²) in [6, 6.07) is 5.01. The summed E-state index contributed by atoms with van der Waals surface area (Å²) in [5.74, 6) is -0.387. The van der Waals surface area contributed by atoms with Crippen LogP contribution in [0.1, 0.15) is 23.1 Å². The van der Waals surface area contributed by atoms with E-state index in [0.717, 1.165) is 13.0 Å². The summed E-state index contributed by atoms with van der Waals surface area (Å²) in [6.45, 7) is 2.83. The lowest BCUT2D eigenvalue weighted by Gasteiger charge is -2.06. The number of nitrogens with zero attached hydrogens (tertiary/aromatic N) is 2. The zero-order chi connectivity index (χ0) is 14.5. The highest BCUT2D eigenvalue weighted by atomic mass is 35.5. The lowest BCUT2D eigenvalue weighted by molar-refractivity contribution is 0.102. The molecule has 2 rings (SSSR count). The minimum Gasteiger partial charge on any atom is -0.360 e. The maximum absolute atomic E-state index is 12.1. The molecule has 0 radical (unpaired) electrons. The average molecular weight is 331 g/mol. The second kappa shape index (κ2) is 6.88. The van der Waals surface area contributed by atoms with Gasteiger partial charge in [-0.25, -0.2) is 0 Å². The molecular weight excluding hydrogens is 319 g/mol. The number of para-hydroxylation sites is 1. The van der Waals surface area contributed by atoms with Gasteiger partial charge in [-0.2, -0.15) is 0 Å². The van der Waals surface area contributed by atoms with Crippen molar-refractivity contribution in [2.24, 2.45) is 0 Å². The van der Waals surface area contributed by atoms with Crippen LogP contribution >= 0.6 is 34.5 Å². The maximum atomic E-state index is 12.1. The van der Waals surface area contributed by atoms with E-state index in [2.05, 4.69) is 20.8 Å². The number of anilines is 2. The van der Waals surface area contributed by atoms with Crippen LogP contribution in [0.2, 0.25) is 10.0 Å². The van der Waals surface area contributed by atoms with Crippen LogP contribution in [0.5, 0.6) is 0 Å². The smallest absolute Gasteiger partial charge is 0.286 e. The fraction of sp³-hybridized carbons (Fsp3) is 0.250. The summed E-state index contributed by atoms with van der Waals surface area (Å²) in [7, 11) is 0. The lowest BCUT2D eigenvalue weighted by atomic mass is 10.3. The summed E-state index contributed by atoms with van der Waals surface area (Å²) >= 11 is 13.2. The minimum absolute atomic E-state index is 0.250. The number of carbonyl (C=O) groups excluding carboxylic acids is 1. The first kappa shape index (κ1) is 15.0. The van der Waals surface area contributed by atoms with E-state index in [1.807, 2.05) is 6.92 Å². The Morgan fingerprint density at radius 1 is 1.30 bits per heavy atom. The van der Waals surface area contributed by atoms with Crippen molar-refractivity contribution >= 4 is 51.3 Å². The number of hydrogen-bond donors (Lipinski definition) is 2. The van der Waals surface area contributed by atoms with Crippen LogP contribution in [-0.2, 0) is 0 Å². The van der Waals surface area contributed by atoms with Crippen molar-refractivity contribution in [1.82, 2.24) is 10.2 Å². The van der Waals surface area contributed by atoms with Gasteiger partial charge in [0.15, 0.2) is 0 Å². The van der Waals surface area contributed by atoms with E-state index in [1.165, 1.54) is 11.3 Å². The number of rotatable bonds is 5. The molecule has 8 heteroatoms. The van der Waals surface area contributed by atoms with Crippen molar-refractivity contribution in [2.75, 3.05) is 17.2 Å². The van der Waals surface area contributed by atoms with Gasteiger partial charge in [0.1, 0.15) is 0 Å². The molecule has 0 aliphatic heterocycles. The van der Waals surface area contributed by atoms with Crippen molar-refractivity contribution in [3.05, 3.63) is 33.3 Å². The van der Waals surface area contributed by atoms with Gasteiger partial charge in [-0.3, -0.25) is 4.79 Å². The molecule has 106 valence electrons. The Labute approximate surface area is 130 Å². The predicted molar refractivity (Wildman–Crippen MR) is 83.1 cm³/mol. The van der Waals surface area contributed by atoms with Crippen molar-refractivity contribution in [1.29, 1.82) is 0 Å². The third-order valence-electron chi connectivity index (χ3n) is 2.35. The first-order valence-corrected chi connectivity index (χ1v) is 7.51. The van der Waals surface area contributed by atoms with Gasteiger partial charge in [-0.1, -0.05) is 47.5 Å². The Balaban J connectivity index is 2.10. The van der Waals surface area contributed by atoms with E-state index in [4.69, 9.17) is 23.2 Å². The van der Waals surface area contributed by atoms with Crippen LogP contribution in [-0.4, -0.2) is 22.6 Å². The largest absolute Gasteiger partial charge is 0.360 e. The van der Waals surface area contributed by atoms with Crippen LogP contribution in [0.4, 0.5) is 10.8 Å². The number of carbonyl (C=O) groups is 1. The standard InChI is InChI=1S/C12H12Cl2N4OS/c1-2-6-15-12-18-17-11(20-12)10(19)16-9-7(13)4-3-5-8(9)14/h3-5H,2,6H2,1H3,(H,15,18)(H,16,19).